The van der Waals surface area contributed by atoms with E-state index >= 15 is 0 Å². The van der Waals surface area contributed by atoms with Crippen LogP contribution in [0.15, 0.2) is 59.5 Å². The maximum Gasteiger partial charge on any atom is 0.262 e. The van der Waals surface area contributed by atoms with E-state index in [9.17, 15) is 8.42 Å². The molecule has 0 spiro atoms. The highest BCUT2D eigenvalue weighted by molar-refractivity contribution is 7.92. The molecule has 7 nitrogen and oxygen atoms in total. The van der Waals surface area contributed by atoms with E-state index in [4.69, 9.17) is 21.1 Å². The molecule has 1 aliphatic heterocycles. The van der Waals surface area contributed by atoms with Crippen LogP contribution in [0.3, 0.4) is 0 Å². The van der Waals surface area contributed by atoms with Gasteiger partial charge < -0.3 is 14.8 Å². The van der Waals surface area contributed by atoms with Gasteiger partial charge >= 0.3 is 0 Å². The molecule has 0 amide bonds. The van der Waals surface area contributed by atoms with Gasteiger partial charge in [0.15, 0.2) is 0 Å². The lowest BCUT2D eigenvalue weighted by molar-refractivity contribution is 0.213. The Morgan fingerprint density at radius 1 is 1.10 bits per heavy atom. The first-order valence-corrected chi connectivity index (χ1v) is 11.7. The maximum atomic E-state index is 13.0. The van der Waals surface area contributed by atoms with E-state index in [-0.39, 0.29) is 29.7 Å². The molecule has 0 bridgehead atoms. The van der Waals surface area contributed by atoms with Gasteiger partial charge in [0.1, 0.15) is 30.5 Å². The number of nitrogens with one attached hydrogen (secondary N) is 2. The predicted molar refractivity (Wildman–Crippen MR) is 121 cm³/mol. The molecule has 0 atom stereocenters. The van der Waals surface area contributed by atoms with Gasteiger partial charge in [-0.3, -0.25) is 4.72 Å². The second-order valence-electron chi connectivity index (χ2n) is 7.00. The molecule has 0 radical (unpaired) electrons. The number of halogens is 1. The molecular formula is C22H22ClN3O4S. The first-order valence-electron chi connectivity index (χ1n) is 9.80. The summed E-state index contributed by atoms with van der Waals surface area (Å²) in [5.74, 6) is 1.61. The molecule has 0 aliphatic carbocycles. The molecule has 1 aromatic heterocycles. The number of ether oxygens (including phenoxy) is 2. The molecule has 3 aromatic rings. The van der Waals surface area contributed by atoms with Gasteiger partial charge in [-0.05, 0) is 54.8 Å². The Hall–Kier alpha value is -2.97. The van der Waals surface area contributed by atoms with E-state index in [0.717, 1.165) is 24.3 Å². The highest BCUT2D eigenvalue weighted by atomic mass is 35.5. The number of para-hydroxylation sites is 1. The Balaban J connectivity index is 1.54. The maximum absolute atomic E-state index is 13.0. The lowest BCUT2D eigenvalue weighted by atomic mass is 10.2. The molecule has 2 N–H and O–H groups in total. The highest BCUT2D eigenvalue weighted by Crippen LogP contribution is 2.33. The second-order valence-corrected chi connectivity index (χ2v) is 9.06. The van der Waals surface area contributed by atoms with Gasteiger partial charge in [-0.1, -0.05) is 35.9 Å². The fraction of sp³-hybridized carbons (Fsp3) is 0.227. The zero-order chi connectivity index (χ0) is 21.8. The van der Waals surface area contributed by atoms with Gasteiger partial charge in [0.2, 0.25) is 5.88 Å². The molecule has 0 saturated heterocycles. The summed E-state index contributed by atoms with van der Waals surface area (Å²) in [5, 5.41) is 3.56. The Labute approximate surface area is 186 Å². The number of rotatable bonds is 8. The number of pyridine rings is 1. The average Bonchev–Trinajstić information content (AvgIpc) is 3.20. The van der Waals surface area contributed by atoms with Crippen LogP contribution in [0.1, 0.15) is 11.1 Å². The van der Waals surface area contributed by atoms with Crippen molar-refractivity contribution in [3.05, 3.63) is 70.7 Å². The highest BCUT2D eigenvalue weighted by Gasteiger charge is 2.23. The monoisotopic (exact) mass is 459 g/mol. The van der Waals surface area contributed by atoms with Gasteiger partial charge in [-0.25, -0.2) is 8.42 Å². The molecule has 9 heteroatoms. The standard InChI is InChI=1S/C22H22ClN3O4S/c1-15-18(23)8-5-9-20(15)31(27,28)26-19-14-16-10-11-24-21(16)25-22(19)30-13-12-29-17-6-3-2-4-7-17/h2-9,14,26H,10-13H2,1H3,(H,24,25). The summed E-state index contributed by atoms with van der Waals surface area (Å²) in [6, 6.07) is 15.9. The number of fused-ring (bicyclic) bond motifs is 1. The molecular weight excluding hydrogens is 438 g/mol. The quantitative estimate of drug-likeness (QED) is 0.489. The average molecular weight is 460 g/mol. The van der Waals surface area contributed by atoms with Crippen molar-refractivity contribution in [2.75, 3.05) is 29.8 Å². The molecule has 0 fully saturated rings. The van der Waals surface area contributed by atoms with Gasteiger partial charge in [0, 0.05) is 11.6 Å². The van der Waals surface area contributed by atoms with E-state index in [0.29, 0.717) is 16.4 Å². The Morgan fingerprint density at radius 2 is 1.87 bits per heavy atom. The first kappa shape index (κ1) is 21.3. The number of hydrogen-bond donors (Lipinski definition) is 2. The Bertz CT molecular complexity index is 1190. The normalized spacial score (nSPS) is 12.7. The number of sulfonamides is 1. The molecule has 2 heterocycles. The lowest BCUT2D eigenvalue weighted by Gasteiger charge is -2.16. The van der Waals surface area contributed by atoms with E-state index in [1.54, 1.807) is 25.1 Å². The Kier molecular flexibility index (Phi) is 6.20. The van der Waals surface area contributed by atoms with Crippen LogP contribution in [0.4, 0.5) is 11.5 Å². The van der Waals surface area contributed by atoms with Crippen molar-refractivity contribution in [3.8, 4) is 11.6 Å². The zero-order valence-electron chi connectivity index (χ0n) is 16.9. The summed E-state index contributed by atoms with van der Waals surface area (Å²) in [6.45, 7) is 2.89. The molecule has 0 unspecified atom stereocenters. The van der Waals surface area contributed by atoms with Crippen LogP contribution in [-0.2, 0) is 16.4 Å². The van der Waals surface area contributed by atoms with E-state index in [2.05, 4.69) is 15.0 Å². The summed E-state index contributed by atoms with van der Waals surface area (Å²) >= 11 is 6.11. The predicted octanol–water partition coefficient (Wildman–Crippen LogP) is 4.27. The minimum atomic E-state index is -3.89. The van der Waals surface area contributed by atoms with Crippen LogP contribution in [0.2, 0.25) is 5.02 Å². The largest absolute Gasteiger partial charge is 0.490 e. The van der Waals surface area contributed by atoms with Gasteiger partial charge in [-0.2, -0.15) is 4.98 Å². The zero-order valence-corrected chi connectivity index (χ0v) is 18.5. The van der Waals surface area contributed by atoms with Crippen LogP contribution in [0.5, 0.6) is 11.6 Å². The SMILES string of the molecule is Cc1c(Cl)cccc1S(=O)(=O)Nc1cc2c(nc1OCCOc1ccccc1)NCC2. The van der Waals surface area contributed by atoms with Crippen molar-refractivity contribution in [2.24, 2.45) is 0 Å². The van der Waals surface area contributed by atoms with Crippen molar-refractivity contribution in [1.29, 1.82) is 0 Å². The number of nitrogens with zero attached hydrogens (tertiary/aromatic N) is 1. The molecule has 31 heavy (non-hydrogen) atoms. The number of benzene rings is 2. The smallest absolute Gasteiger partial charge is 0.262 e. The van der Waals surface area contributed by atoms with Gasteiger partial charge in [0.25, 0.3) is 10.0 Å². The van der Waals surface area contributed by atoms with Crippen LogP contribution >= 0.6 is 11.6 Å². The summed E-state index contributed by atoms with van der Waals surface area (Å²) in [6.07, 6.45) is 0.755. The molecule has 0 saturated carbocycles. The molecule has 2 aromatic carbocycles. The summed E-state index contributed by atoms with van der Waals surface area (Å²) in [7, 11) is -3.89. The number of aromatic nitrogens is 1. The molecule has 4 rings (SSSR count). The third-order valence-corrected chi connectivity index (χ3v) is 6.76. The fourth-order valence-electron chi connectivity index (χ4n) is 3.27. The fourth-order valence-corrected chi connectivity index (χ4v) is 4.82. The van der Waals surface area contributed by atoms with E-state index in [1.165, 1.54) is 6.07 Å². The summed E-state index contributed by atoms with van der Waals surface area (Å²) in [4.78, 5) is 4.58. The van der Waals surface area contributed by atoms with E-state index < -0.39 is 10.0 Å². The van der Waals surface area contributed by atoms with Crippen molar-refractivity contribution < 1.29 is 17.9 Å². The van der Waals surface area contributed by atoms with Crippen molar-refractivity contribution in [2.45, 2.75) is 18.2 Å². The molecule has 162 valence electrons. The lowest BCUT2D eigenvalue weighted by Crippen LogP contribution is -2.17. The van der Waals surface area contributed by atoms with Crippen molar-refractivity contribution in [1.82, 2.24) is 4.98 Å². The van der Waals surface area contributed by atoms with Crippen LogP contribution in [0.25, 0.3) is 0 Å². The minimum Gasteiger partial charge on any atom is -0.490 e. The van der Waals surface area contributed by atoms with E-state index in [1.807, 2.05) is 30.3 Å². The first-order chi connectivity index (χ1) is 14.9. The molecule has 1 aliphatic rings. The van der Waals surface area contributed by atoms with Gasteiger partial charge in [0.05, 0.1) is 4.90 Å². The number of anilines is 2. The van der Waals surface area contributed by atoms with Crippen LogP contribution < -0.4 is 19.5 Å². The third-order valence-electron chi connectivity index (χ3n) is 4.84. The third kappa shape index (κ3) is 4.86. The van der Waals surface area contributed by atoms with Crippen LogP contribution in [-0.4, -0.2) is 33.2 Å². The summed E-state index contributed by atoms with van der Waals surface area (Å²) in [5.41, 5.74) is 1.68. The number of hydrogen-bond acceptors (Lipinski definition) is 6. The topological polar surface area (TPSA) is 89.6 Å². The minimum absolute atomic E-state index is 0.108. The second kappa shape index (κ2) is 9.03. The van der Waals surface area contributed by atoms with Crippen molar-refractivity contribution >= 4 is 33.1 Å². The van der Waals surface area contributed by atoms with Gasteiger partial charge in [-0.15, -0.1) is 0 Å². The van der Waals surface area contributed by atoms with Crippen LogP contribution in [0, 0.1) is 6.92 Å². The summed E-state index contributed by atoms with van der Waals surface area (Å²) < 4.78 is 40.1. The van der Waals surface area contributed by atoms with Crippen molar-refractivity contribution in [3.63, 3.8) is 0 Å². The Morgan fingerprint density at radius 3 is 2.68 bits per heavy atom.